The molecule has 6 aliphatic heterocycles. The Morgan fingerprint density at radius 1 is 0.449 bits per heavy atom. The predicted octanol–water partition coefficient (Wildman–Crippen LogP) is 22.1. The van der Waals surface area contributed by atoms with E-state index in [4.69, 9.17) is 90.3 Å². The molecule has 10 aromatic rings. The number of fused-ring (bicyclic) bond motifs is 11. The number of amides is 4. The van der Waals surface area contributed by atoms with Gasteiger partial charge in [-0.3, -0.25) is 38.6 Å². The van der Waals surface area contributed by atoms with Crippen molar-refractivity contribution < 1.29 is 82.4 Å². The minimum atomic E-state index is -1.58. The van der Waals surface area contributed by atoms with Crippen LogP contribution in [0.25, 0.3) is 0 Å². The summed E-state index contributed by atoms with van der Waals surface area (Å²) in [6.45, 7) is 12.7. The normalized spacial score (nSPS) is 26.3. The summed E-state index contributed by atoms with van der Waals surface area (Å²) in [5.74, 6) is -7.34. The van der Waals surface area contributed by atoms with Crippen molar-refractivity contribution in [1.29, 1.82) is 0 Å². The van der Waals surface area contributed by atoms with Crippen LogP contribution in [-0.4, -0.2) is 155 Å². The van der Waals surface area contributed by atoms with Gasteiger partial charge in [-0.05, 0) is 248 Å². The van der Waals surface area contributed by atoms with Crippen molar-refractivity contribution in [3.63, 3.8) is 0 Å². The standard InChI is InChI=1S/C43H46Cl2FN3O5.C39H35Cl2FN2O3.C31H36Cl2FNO4.C4H11NO2/c1-41(2)19-21-42(22-20-41)43(31-17-16-28(44)24-33(31)48-40(43)54)34(30-14-9-15-32(45)35(30)46)37(39(53)47-23-18-29(51)25-50)49(42)36(26-10-5-3-6-11-26)38(52)27-12-7-4-8-13-27;1-37(2)18-20-38(21-19-37)39(27-17-16-25(40)22-29(27)43-36(39)46)30(26-14-9-15-28(41)31(26)42)33-35(45)47-34(24-12-7-4-8-13-24)32(44(33)38)23-10-5-3-6-11-23;1-29(2)11-13-30(14-12-29)16-21(25(38)8-3-5-19(37)17-36)26(20-6-4-7-23(33)27(20)34)31(30)22-10-9-18(32)15-24(22)35-28(31)39;5-2-1-4(7)3-6/h3-17,24,29,34,36-38,50-52H,18-23,25H2,1-2H3,(H,47,53)(H,48,54);3-17,22,30,32-34H,18-21H2,1-2H3,(H,43,46);4,6-7,9-10,15,19,21,26,36-37H,3,5,8,11-14,16-17H2,1-2H3,(H,35,39);4,6-7H,1-3,5H2/t29-,34-,36+,37+,38-,43?;30-,32+,33+,34-,39-;19-,21-,26-,31+;4-/m0000/s1. The first-order valence-electron chi connectivity index (χ1n) is 50.9. The smallest absolute Gasteiger partial charge is 0.324 e. The highest BCUT2D eigenvalue weighted by Gasteiger charge is 2.81. The zero-order valence-corrected chi connectivity index (χ0v) is 87.6. The fourth-order valence-electron chi connectivity index (χ4n) is 27.1. The van der Waals surface area contributed by atoms with Crippen molar-refractivity contribution in [2.45, 2.75) is 257 Å². The van der Waals surface area contributed by atoms with E-state index >= 15 is 27.6 Å². The summed E-state index contributed by atoms with van der Waals surface area (Å²) in [5, 5.41) is 81.7. The highest BCUT2D eigenvalue weighted by atomic mass is 35.5. The number of ether oxygens (including phenoxy) is 1. The van der Waals surface area contributed by atoms with E-state index in [2.05, 4.69) is 79.8 Å². The molecule has 4 saturated carbocycles. The van der Waals surface area contributed by atoms with E-state index < -0.39 is 147 Å². The van der Waals surface area contributed by atoms with Gasteiger partial charge < -0.3 is 67.5 Å². The fourth-order valence-corrected chi connectivity index (χ4v) is 28.1. The second kappa shape index (κ2) is 43.6. The van der Waals surface area contributed by atoms with E-state index in [1.165, 1.54) is 18.2 Å². The van der Waals surface area contributed by atoms with E-state index in [1.807, 2.05) is 132 Å². The van der Waals surface area contributed by atoms with Crippen LogP contribution >= 0.6 is 69.6 Å². The lowest BCUT2D eigenvalue weighted by Gasteiger charge is -2.57. The van der Waals surface area contributed by atoms with Crippen molar-refractivity contribution in [1.82, 2.24) is 15.1 Å². The van der Waals surface area contributed by atoms with Crippen molar-refractivity contribution in [2.75, 3.05) is 48.9 Å². The second-order valence-corrected chi connectivity index (χ2v) is 46.5. The lowest BCUT2D eigenvalue weighted by molar-refractivity contribution is -0.184. The quantitative estimate of drug-likeness (QED) is 0.0265. The molecule has 4 aliphatic carbocycles. The van der Waals surface area contributed by atoms with Gasteiger partial charge >= 0.3 is 5.97 Å². The molecule has 3 saturated heterocycles. The van der Waals surface area contributed by atoms with Gasteiger partial charge in [-0.25, -0.2) is 13.2 Å². The van der Waals surface area contributed by atoms with E-state index in [9.17, 15) is 39.9 Å². The summed E-state index contributed by atoms with van der Waals surface area (Å²) in [6.07, 6.45) is 5.75. The van der Waals surface area contributed by atoms with Gasteiger partial charge in [-0.2, -0.15) is 0 Å². The third-order valence-corrected chi connectivity index (χ3v) is 35.7. The average molecular weight is 2130 g/mol. The van der Waals surface area contributed by atoms with Crippen molar-refractivity contribution in [3.05, 3.63) is 334 Å². The molecule has 10 aliphatic rings. The maximum absolute atomic E-state index is 16.9. The average Bonchev–Trinajstić information content (AvgIpc) is 1.47. The van der Waals surface area contributed by atoms with Gasteiger partial charge in [0.05, 0.1) is 82.8 Å². The largest absolute Gasteiger partial charge is 0.454 e. The number of ketones is 1. The number of esters is 1. The number of anilines is 3. The third-order valence-electron chi connectivity index (χ3n) is 34.1. The minimum Gasteiger partial charge on any atom is -0.454 e. The molecule has 13 N–H and O–H groups in total. The SMILES string of the molecule is CC1(C)CCC2(CC1)C[C@@H](C(=O)CCC[C@H](O)CO)[C@H](c1cccc(Cl)c1F)[C@]21C(=O)Nc2cc(Cl)ccc21.CC1(C)CCC2(CC1)N([C@H](c1ccccc1)[C@@H](O)c1ccccc1)[C@@H](C(=O)NCC[C@H](O)CO)[C@H](c1cccc(Cl)c1F)C21C(=O)Nc2cc(Cl)ccc21.CC1(C)CCC2(CC1)N1[C@H](c3ccccc3)[C@H](c3ccccc3)OC(=O)[C@H]1[C@H](c1cccc(Cl)c1F)[C@@]21C(=O)Nc2cc(Cl)ccc21.NCC[C@H](O)CO. The van der Waals surface area contributed by atoms with Crippen molar-refractivity contribution in [3.8, 4) is 0 Å². The predicted molar refractivity (Wildman–Crippen MR) is 566 cm³/mol. The van der Waals surface area contributed by atoms with Gasteiger partial charge in [-0.1, -0.05) is 287 Å². The number of Topliss-reactive ketones (excluding diaryl/α,β-unsaturated/α-hetero) is 1. The monoisotopic (exact) mass is 2120 g/mol. The molecule has 21 nitrogen and oxygen atoms in total. The number of morpholine rings is 1. The number of nitrogens with two attached hydrogens (primary N) is 1. The molecule has 20 rings (SSSR count). The Bertz CT molecular complexity index is 6510. The number of halogens is 9. The molecular weight excluding hydrogens is 2000 g/mol. The van der Waals surface area contributed by atoms with Crippen molar-refractivity contribution in [2.24, 2.45) is 33.3 Å². The molecular formula is C117H128Cl6F3N7O14. The van der Waals surface area contributed by atoms with Crippen LogP contribution < -0.4 is 27.0 Å². The number of benzene rings is 10. The van der Waals surface area contributed by atoms with Gasteiger partial charge in [0.1, 0.15) is 46.2 Å². The zero-order valence-electron chi connectivity index (χ0n) is 83.1. The van der Waals surface area contributed by atoms with Gasteiger partial charge in [0.2, 0.25) is 23.6 Å². The van der Waals surface area contributed by atoms with E-state index in [0.717, 1.165) is 60.8 Å². The number of carbonyl (C=O) groups excluding carboxylic acids is 6. The first kappa shape index (κ1) is 109. The number of aliphatic hydroxyl groups excluding tert-OH is 7. The van der Waals surface area contributed by atoms with Crippen LogP contribution in [0.1, 0.15) is 255 Å². The van der Waals surface area contributed by atoms with Crippen LogP contribution in [0, 0.1) is 45.0 Å². The first-order chi connectivity index (χ1) is 70.2. The van der Waals surface area contributed by atoms with Crippen LogP contribution in [0.3, 0.4) is 0 Å². The fraction of sp³-hybridized carbons (Fsp3) is 0.436. The summed E-state index contributed by atoms with van der Waals surface area (Å²) < 4.78 is 55.9. The molecule has 0 radical (unpaired) electrons. The summed E-state index contributed by atoms with van der Waals surface area (Å²) >= 11 is 38.7. The number of cyclic esters (lactones) is 1. The number of likely N-dealkylation sites (tertiary alicyclic amines) is 1. The summed E-state index contributed by atoms with van der Waals surface area (Å²) in [5.41, 5.74) is 5.81. The summed E-state index contributed by atoms with van der Waals surface area (Å²) in [6, 6.07) is 65.3. The number of aliphatic hydroxyl groups is 7. The highest BCUT2D eigenvalue weighted by molar-refractivity contribution is 6.33. The molecule has 16 atom stereocenters. The van der Waals surface area contributed by atoms with Crippen LogP contribution in [0.2, 0.25) is 30.1 Å². The lowest BCUT2D eigenvalue weighted by atomic mass is 9.51. The van der Waals surface area contributed by atoms with E-state index in [1.54, 1.807) is 72.8 Å². The van der Waals surface area contributed by atoms with Crippen LogP contribution in [0.5, 0.6) is 0 Å². The molecule has 0 bridgehead atoms. The Kier molecular flexibility index (Phi) is 32.2. The summed E-state index contributed by atoms with van der Waals surface area (Å²) in [4.78, 5) is 93.4. The molecule has 6 spiro atoms. The number of nitrogens with one attached hydrogen (secondary N) is 4. The van der Waals surface area contributed by atoms with Gasteiger partial charge in [0.15, 0.2) is 0 Å². The molecule has 0 aromatic heterocycles. The molecule has 6 heterocycles. The molecule has 147 heavy (non-hydrogen) atoms. The number of hydrogen-bond acceptors (Lipinski definition) is 17. The maximum atomic E-state index is 16.9. The molecule has 30 heteroatoms. The Hall–Kier alpha value is -9.65. The van der Waals surface area contributed by atoms with Gasteiger partial charge in [0, 0.05) is 79.8 Å². The Morgan fingerprint density at radius 3 is 1.30 bits per heavy atom. The van der Waals surface area contributed by atoms with Crippen molar-refractivity contribution >= 4 is 122 Å². The van der Waals surface area contributed by atoms with Crippen LogP contribution in [-0.2, 0) is 49.7 Å². The maximum Gasteiger partial charge on any atom is 0.324 e. The minimum absolute atomic E-state index is 0.00167. The number of carbonyl (C=O) groups is 6. The topological polar surface area (TPSA) is 334 Å². The van der Waals surface area contributed by atoms with Crippen LogP contribution in [0.15, 0.2) is 231 Å². The van der Waals surface area contributed by atoms with Crippen LogP contribution in [0.4, 0.5) is 30.2 Å². The molecule has 10 aromatic carbocycles. The number of nitrogens with zero attached hydrogens (tertiary/aromatic N) is 2. The Balaban J connectivity index is 0.000000147. The summed E-state index contributed by atoms with van der Waals surface area (Å²) in [7, 11) is 0. The number of hydrogen-bond donors (Lipinski definition) is 12. The second-order valence-electron chi connectivity index (χ2n) is 43.9. The van der Waals surface area contributed by atoms with E-state index in [-0.39, 0.29) is 111 Å². The van der Waals surface area contributed by atoms with Gasteiger partial charge in [-0.15, -0.1) is 0 Å². The molecule has 778 valence electrons. The highest BCUT2D eigenvalue weighted by Crippen LogP contribution is 2.76. The first-order valence-corrected chi connectivity index (χ1v) is 53.2. The Morgan fingerprint density at radius 2 is 0.844 bits per heavy atom. The third kappa shape index (κ3) is 19.4. The molecule has 4 amide bonds. The number of rotatable bonds is 23. The molecule has 7 fully saturated rings. The van der Waals surface area contributed by atoms with Gasteiger partial charge in [0.25, 0.3) is 0 Å². The molecule has 1 unspecified atom stereocenters. The zero-order chi connectivity index (χ0) is 105. The van der Waals surface area contributed by atoms with E-state index in [0.29, 0.717) is 113 Å². The Labute approximate surface area is 886 Å². The lowest BCUT2D eigenvalue weighted by Crippen LogP contribution is -2.64.